The molecule has 0 radical (unpaired) electrons. The van der Waals surface area contributed by atoms with Crippen LogP contribution in [0, 0.1) is 5.82 Å². The number of hydrogen-bond donors (Lipinski definition) is 2. The number of piperidine rings is 1. The van der Waals surface area contributed by atoms with Crippen LogP contribution in [-0.4, -0.2) is 41.3 Å². The molecule has 1 aliphatic heterocycles. The number of likely N-dealkylation sites (tertiary alicyclic amines) is 1. The van der Waals surface area contributed by atoms with Gasteiger partial charge in [0, 0.05) is 51.0 Å². The van der Waals surface area contributed by atoms with Gasteiger partial charge in [-0.3, -0.25) is 0 Å². The molecule has 1 aliphatic rings. The van der Waals surface area contributed by atoms with E-state index in [0.717, 1.165) is 45.4 Å². The fourth-order valence-electron chi connectivity index (χ4n) is 4.25. The van der Waals surface area contributed by atoms with Crippen LogP contribution in [0.4, 0.5) is 4.39 Å². The molecule has 1 aromatic heterocycles. The molecule has 1 saturated heterocycles. The maximum atomic E-state index is 13.1. The van der Waals surface area contributed by atoms with Gasteiger partial charge in [-0.1, -0.05) is 24.3 Å². The van der Waals surface area contributed by atoms with Crippen LogP contribution in [0.25, 0.3) is 10.9 Å². The zero-order valence-electron chi connectivity index (χ0n) is 17.4. The Balaban J connectivity index is 1.35. The summed E-state index contributed by atoms with van der Waals surface area (Å²) in [5, 5.41) is 8.13. The van der Waals surface area contributed by atoms with Crippen molar-refractivity contribution in [1.29, 1.82) is 0 Å². The van der Waals surface area contributed by atoms with Crippen molar-refractivity contribution in [2.45, 2.75) is 31.8 Å². The van der Waals surface area contributed by atoms with Gasteiger partial charge in [0.1, 0.15) is 5.82 Å². The van der Waals surface area contributed by atoms with E-state index in [0.29, 0.717) is 11.2 Å². The molecule has 0 bridgehead atoms. The summed E-state index contributed by atoms with van der Waals surface area (Å²) >= 11 is 5.18. The molecule has 0 atom stereocenters. The molecule has 0 aliphatic carbocycles. The van der Waals surface area contributed by atoms with Crippen LogP contribution < -0.4 is 10.6 Å². The highest BCUT2D eigenvalue weighted by atomic mass is 32.1. The van der Waals surface area contributed by atoms with Crippen LogP contribution in [0.2, 0.25) is 0 Å². The van der Waals surface area contributed by atoms with E-state index >= 15 is 0 Å². The molecule has 2 heterocycles. The summed E-state index contributed by atoms with van der Waals surface area (Å²) in [6, 6.07) is 16.3. The first-order valence-corrected chi connectivity index (χ1v) is 11.0. The minimum absolute atomic E-state index is 0.165. The lowest BCUT2D eigenvalue weighted by molar-refractivity contribution is 0.190. The lowest BCUT2D eigenvalue weighted by atomic mass is 10.0. The smallest absolute Gasteiger partial charge is 0.166 e. The Morgan fingerprint density at radius 2 is 1.80 bits per heavy atom. The van der Waals surface area contributed by atoms with Crippen LogP contribution in [0.1, 0.15) is 30.0 Å². The average molecular weight is 425 g/mol. The Morgan fingerprint density at radius 1 is 1.07 bits per heavy atom. The SMILES string of the molecule is CNC(=S)NCc1ccc2ccn(C3CCN(CCc4ccc(F)cc4)CC3)c2c1. The van der Waals surface area contributed by atoms with E-state index in [1.54, 1.807) is 12.1 Å². The van der Waals surface area contributed by atoms with Crippen LogP contribution >= 0.6 is 12.2 Å². The molecule has 1 fully saturated rings. The molecule has 3 aromatic rings. The van der Waals surface area contributed by atoms with Gasteiger partial charge >= 0.3 is 0 Å². The number of fused-ring (bicyclic) bond motifs is 1. The van der Waals surface area contributed by atoms with Crippen LogP contribution in [0.5, 0.6) is 0 Å². The molecule has 0 amide bonds. The van der Waals surface area contributed by atoms with E-state index in [1.807, 2.05) is 19.2 Å². The van der Waals surface area contributed by atoms with E-state index in [9.17, 15) is 4.39 Å². The van der Waals surface area contributed by atoms with Crippen molar-refractivity contribution in [3.63, 3.8) is 0 Å². The summed E-state index contributed by atoms with van der Waals surface area (Å²) in [4.78, 5) is 2.53. The minimum atomic E-state index is -0.165. The second-order valence-corrected chi connectivity index (χ2v) is 8.41. The number of hydrogen-bond acceptors (Lipinski definition) is 2. The third-order valence-corrected chi connectivity index (χ3v) is 6.40. The van der Waals surface area contributed by atoms with Crippen molar-refractivity contribution in [2.75, 3.05) is 26.7 Å². The minimum Gasteiger partial charge on any atom is -0.366 e. The molecule has 0 spiro atoms. The lowest BCUT2D eigenvalue weighted by Gasteiger charge is -2.33. The number of thiocarbonyl (C=S) groups is 1. The predicted octanol–water partition coefficient (Wildman–Crippen LogP) is 4.25. The molecule has 0 saturated carbocycles. The van der Waals surface area contributed by atoms with E-state index in [1.165, 1.54) is 22.0 Å². The van der Waals surface area contributed by atoms with Crippen molar-refractivity contribution in [3.05, 3.63) is 71.7 Å². The maximum absolute atomic E-state index is 13.1. The molecule has 2 aromatic carbocycles. The van der Waals surface area contributed by atoms with Gasteiger partial charge in [0.05, 0.1) is 0 Å². The Bertz CT molecular complexity index is 990. The lowest BCUT2D eigenvalue weighted by Crippen LogP contribution is -2.35. The summed E-state index contributed by atoms with van der Waals surface area (Å²) < 4.78 is 15.5. The largest absolute Gasteiger partial charge is 0.366 e. The normalized spacial score (nSPS) is 15.4. The van der Waals surface area contributed by atoms with Gasteiger partial charge < -0.3 is 20.1 Å². The van der Waals surface area contributed by atoms with E-state index in [-0.39, 0.29) is 5.82 Å². The number of rotatable bonds is 6. The zero-order chi connectivity index (χ0) is 20.9. The van der Waals surface area contributed by atoms with Gasteiger partial charge in [0.2, 0.25) is 0 Å². The van der Waals surface area contributed by atoms with Gasteiger partial charge in [-0.15, -0.1) is 0 Å². The molecular weight excluding hydrogens is 395 g/mol. The Kier molecular flexibility index (Phi) is 6.65. The number of nitrogens with one attached hydrogen (secondary N) is 2. The van der Waals surface area contributed by atoms with Gasteiger partial charge in [-0.2, -0.15) is 0 Å². The second kappa shape index (κ2) is 9.58. The Morgan fingerprint density at radius 3 is 2.53 bits per heavy atom. The monoisotopic (exact) mass is 424 g/mol. The Hall–Kier alpha value is -2.44. The summed E-state index contributed by atoms with van der Waals surface area (Å²) in [5.74, 6) is -0.165. The van der Waals surface area contributed by atoms with Crippen LogP contribution in [0.3, 0.4) is 0 Å². The van der Waals surface area contributed by atoms with Crippen molar-refractivity contribution in [2.24, 2.45) is 0 Å². The average Bonchev–Trinajstić information content (AvgIpc) is 3.20. The maximum Gasteiger partial charge on any atom is 0.166 e. The quantitative estimate of drug-likeness (QED) is 0.580. The summed E-state index contributed by atoms with van der Waals surface area (Å²) in [7, 11) is 1.83. The van der Waals surface area contributed by atoms with E-state index < -0.39 is 0 Å². The van der Waals surface area contributed by atoms with Crippen LogP contribution in [-0.2, 0) is 13.0 Å². The van der Waals surface area contributed by atoms with Gasteiger partial charge in [0.25, 0.3) is 0 Å². The topological polar surface area (TPSA) is 32.2 Å². The highest BCUT2D eigenvalue weighted by Crippen LogP contribution is 2.28. The van der Waals surface area contributed by atoms with Gasteiger partial charge in [-0.05, 0) is 72.3 Å². The van der Waals surface area contributed by atoms with Gasteiger partial charge in [0.15, 0.2) is 5.11 Å². The number of aromatic nitrogens is 1. The van der Waals surface area contributed by atoms with Crippen molar-refractivity contribution in [1.82, 2.24) is 20.1 Å². The number of benzene rings is 2. The van der Waals surface area contributed by atoms with E-state index in [2.05, 4.69) is 50.6 Å². The first-order valence-electron chi connectivity index (χ1n) is 10.6. The molecule has 2 N–H and O–H groups in total. The second-order valence-electron chi connectivity index (χ2n) is 8.00. The molecule has 158 valence electrons. The molecule has 30 heavy (non-hydrogen) atoms. The van der Waals surface area contributed by atoms with Crippen LogP contribution in [0.15, 0.2) is 54.7 Å². The third kappa shape index (κ3) is 4.99. The standard InChI is InChI=1S/C24H29FN4S/c1-26-24(30)27-17-19-2-5-20-9-15-29(23(20)16-19)22-10-13-28(14-11-22)12-8-18-3-6-21(25)7-4-18/h2-7,9,15-16,22H,8,10-14,17H2,1H3,(H2,26,27,30). The van der Waals surface area contributed by atoms with Gasteiger partial charge in [-0.25, -0.2) is 4.39 Å². The van der Waals surface area contributed by atoms with E-state index in [4.69, 9.17) is 12.2 Å². The zero-order valence-corrected chi connectivity index (χ0v) is 18.2. The third-order valence-electron chi connectivity index (χ3n) is 6.05. The predicted molar refractivity (Wildman–Crippen MR) is 125 cm³/mol. The highest BCUT2D eigenvalue weighted by molar-refractivity contribution is 7.80. The molecule has 4 rings (SSSR count). The van der Waals surface area contributed by atoms with Crippen molar-refractivity contribution >= 4 is 28.2 Å². The highest BCUT2D eigenvalue weighted by Gasteiger charge is 2.21. The number of nitrogens with zero attached hydrogens (tertiary/aromatic N) is 2. The van der Waals surface area contributed by atoms with Crippen molar-refractivity contribution < 1.29 is 4.39 Å². The summed E-state index contributed by atoms with van der Waals surface area (Å²) in [6.45, 7) is 3.96. The fourth-order valence-corrected chi connectivity index (χ4v) is 4.33. The Labute approximate surface area is 183 Å². The molecular formula is C24H29FN4S. The first-order chi connectivity index (χ1) is 14.6. The van der Waals surface area contributed by atoms with Crippen molar-refractivity contribution in [3.8, 4) is 0 Å². The molecule has 4 nitrogen and oxygen atoms in total. The molecule has 6 heteroatoms. The summed E-state index contributed by atoms with van der Waals surface area (Å²) in [6.07, 6.45) is 5.51. The number of halogens is 1. The molecule has 0 unspecified atom stereocenters. The first kappa shape index (κ1) is 20.8. The fraction of sp³-hybridized carbons (Fsp3) is 0.375. The summed E-state index contributed by atoms with van der Waals surface area (Å²) in [5.41, 5.74) is 3.74.